The topological polar surface area (TPSA) is 38.7 Å². The van der Waals surface area contributed by atoms with Gasteiger partial charge in [0, 0.05) is 37.9 Å². The molecule has 1 radical (unpaired) electrons. The van der Waals surface area contributed by atoms with E-state index in [1.807, 2.05) is 60.9 Å². The molecular formula is C29H22IrN3-. The smallest absolute Gasteiger partial charge is 0.0888 e. The van der Waals surface area contributed by atoms with E-state index in [0.29, 0.717) is 0 Å². The summed E-state index contributed by atoms with van der Waals surface area (Å²) in [5.41, 5.74) is 9.89. The molecule has 0 amide bonds. The van der Waals surface area contributed by atoms with Crippen molar-refractivity contribution in [1.29, 1.82) is 0 Å². The molecule has 0 atom stereocenters. The van der Waals surface area contributed by atoms with Gasteiger partial charge in [-0.2, -0.15) is 0 Å². The summed E-state index contributed by atoms with van der Waals surface area (Å²) in [5.74, 6) is 0. The van der Waals surface area contributed by atoms with Gasteiger partial charge < -0.3 is 0 Å². The van der Waals surface area contributed by atoms with Crippen LogP contribution in [0.15, 0.2) is 85.2 Å². The third-order valence-electron chi connectivity index (χ3n) is 5.42. The van der Waals surface area contributed by atoms with Gasteiger partial charge in [-0.25, -0.2) is 0 Å². The molecular weight excluding hydrogens is 583 g/mol. The van der Waals surface area contributed by atoms with Gasteiger partial charge in [-0.05, 0) is 72.1 Å². The van der Waals surface area contributed by atoms with Crippen LogP contribution in [0.1, 0.15) is 22.3 Å². The van der Waals surface area contributed by atoms with Crippen molar-refractivity contribution in [3.8, 4) is 22.6 Å². The Morgan fingerprint density at radius 3 is 2.00 bits per heavy atom. The molecule has 3 aromatic heterocycles. The SMILES string of the molecule is Cc1ccnc(-c2cc(C)ccn2)c1.[Ir].[c-]1ccccc1-c1cc2c3c(cccc3n1)C=C2. The van der Waals surface area contributed by atoms with E-state index in [2.05, 4.69) is 66.3 Å². The number of aryl methyl sites for hydroxylation is 2. The van der Waals surface area contributed by atoms with Crippen LogP contribution in [-0.2, 0) is 20.1 Å². The second kappa shape index (κ2) is 9.99. The van der Waals surface area contributed by atoms with Crippen molar-refractivity contribution < 1.29 is 20.1 Å². The standard InChI is InChI=1S/C17H10N.C12H12N2.Ir/c1-2-5-12(6-3-1)16-11-14-10-9-13-7-4-8-15(18-16)17(13)14;1-9-3-5-13-11(7-9)12-8-10(2)4-6-14-12;/h1-5,7-11H;3-8H,1-2H3;/q-1;;. The van der Waals surface area contributed by atoms with Crippen LogP contribution in [0.4, 0.5) is 0 Å². The Hall–Kier alpha value is -3.46. The molecule has 0 bridgehead atoms. The molecule has 2 aromatic carbocycles. The van der Waals surface area contributed by atoms with Crippen molar-refractivity contribution >= 4 is 23.1 Å². The van der Waals surface area contributed by atoms with Crippen LogP contribution in [0.2, 0.25) is 0 Å². The molecule has 0 N–H and O–H groups in total. The predicted molar refractivity (Wildman–Crippen MR) is 132 cm³/mol. The molecule has 1 aliphatic rings. The normalized spacial score (nSPS) is 11.0. The average Bonchev–Trinajstić information content (AvgIpc) is 3.25. The zero-order chi connectivity index (χ0) is 21.9. The molecule has 4 heteroatoms. The number of aromatic nitrogens is 3. The fourth-order valence-corrected chi connectivity index (χ4v) is 3.84. The summed E-state index contributed by atoms with van der Waals surface area (Å²) >= 11 is 0. The fraction of sp³-hybridized carbons (Fsp3) is 0.0690. The summed E-state index contributed by atoms with van der Waals surface area (Å²) < 4.78 is 0. The van der Waals surface area contributed by atoms with E-state index in [0.717, 1.165) is 28.2 Å². The van der Waals surface area contributed by atoms with Gasteiger partial charge in [0.15, 0.2) is 0 Å². The number of nitrogens with zero attached hydrogens (tertiary/aromatic N) is 3. The molecule has 0 aliphatic heterocycles. The van der Waals surface area contributed by atoms with Crippen molar-refractivity contribution in [1.82, 2.24) is 15.0 Å². The summed E-state index contributed by atoms with van der Waals surface area (Å²) in [4.78, 5) is 13.3. The number of rotatable bonds is 2. The number of hydrogen-bond acceptors (Lipinski definition) is 3. The van der Waals surface area contributed by atoms with Gasteiger partial charge in [0.05, 0.1) is 16.9 Å². The number of benzene rings is 2. The first-order chi connectivity index (χ1) is 15.7. The summed E-state index contributed by atoms with van der Waals surface area (Å²) in [7, 11) is 0. The van der Waals surface area contributed by atoms with Gasteiger partial charge in [0.1, 0.15) is 0 Å². The molecule has 0 saturated carbocycles. The Bertz CT molecular complexity index is 1400. The van der Waals surface area contributed by atoms with Crippen LogP contribution in [0.25, 0.3) is 45.7 Å². The Morgan fingerprint density at radius 2 is 1.36 bits per heavy atom. The zero-order valence-corrected chi connectivity index (χ0v) is 20.8. The van der Waals surface area contributed by atoms with Gasteiger partial charge in [-0.15, -0.1) is 35.9 Å². The molecule has 6 rings (SSSR count). The minimum Gasteiger partial charge on any atom is -0.296 e. The van der Waals surface area contributed by atoms with Crippen molar-refractivity contribution in [3.63, 3.8) is 0 Å². The van der Waals surface area contributed by atoms with Crippen molar-refractivity contribution in [3.05, 3.63) is 114 Å². The predicted octanol–water partition coefficient (Wildman–Crippen LogP) is 6.94. The first kappa shape index (κ1) is 22.7. The summed E-state index contributed by atoms with van der Waals surface area (Å²) in [6.45, 7) is 4.11. The van der Waals surface area contributed by atoms with E-state index < -0.39 is 0 Å². The first-order valence-corrected chi connectivity index (χ1v) is 10.6. The maximum Gasteiger partial charge on any atom is 0.0888 e. The molecule has 0 unspecified atom stereocenters. The maximum atomic E-state index is 4.74. The quantitative estimate of drug-likeness (QED) is 0.201. The monoisotopic (exact) mass is 605 g/mol. The minimum atomic E-state index is 0. The van der Waals surface area contributed by atoms with Crippen LogP contribution in [0.3, 0.4) is 0 Å². The Kier molecular flexibility index (Phi) is 6.88. The molecule has 1 aliphatic carbocycles. The Labute approximate surface area is 207 Å². The second-order valence-electron chi connectivity index (χ2n) is 7.88. The van der Waals surface area contributed by atoms with Gasteiger partial charge in [0.25, 0.3) is 0 Å². The van der Waals surface area contributed by atoms with E-state index in [9.17, 15) is 0 Å². The maximum absolute atomic E-state index is 4.74. The van der Waals surface area contributed by atoms with E-state index in [1.165, 1.54) is 27.6 Å². The zero-order valence-electron chi connectivity index (χ0n) is 18.4. The van der Waals surface area contributed by atoms with Crippen molar-refractivity contribution in [2.24, 2.45) is 0 Å². The van der Waals surface area contributed by atoms with Gasteiger partial charge in [-0.1, -0.05) is 30.4 Å². The van der Waals surface area contributed by atoms with E-state index in [-0.39, 0.29) is 20.1 Å². The van der Waals surface area contributed by atoms with E-state index in [1.54, 1.807) is 0 Å². The molecule has 0 spiro atoms. The average molecular weight is 605 g/mol. The van der Waals surface area contributed by atoms with Crippen LogP contribution in [0, 0.1) is 19.9 Å². The molecule has 163 valence electrons. The molecule has 33 heavy (non-hydrogen) atoms. The first-order valence-electron chi connectivity index (χ1n) is 10.6. The summed E-state index contributed by atoms with van der Waals surface area (Å²) in [6.07, 6.45) is 7.94. The van der Waals surface area contributed by atoms with E-state index >= 15 is 0 Å². The molecule has 0 saturated heterocycles. The summed E-state index contributed by atoms with van der Waals surface area (Å²) in [5, 5.41) is 1.26. The number of hydrogen-bond donors (Lipinski definition) is 0. The van der Waals surface area contributed by atoms with Gasteiger partial charge >= 0.3 is 0 Å². The van der Waals surface area contributed by atoms with E-state index in [4.69, 9.17) is 4.98 Å². The second-order valence-corrected chi connectivity index (χ2v) is 7.88. The Morgan fingerprint density at radius 1 is 0.667 bits per heavy atom. The van der Waals surface area contributed by atoms with Gasteiger partial charge in [-0.3, -0.25) is 15.0 Å². The summed E-state index contributed by atoms with van der Waals surface area (Å²) in [6, 6.07) is 27.6. The fourth-order valence-electron chi connectivity index (χ4n) is 3.84. The van der Waals surface area contributed by atoms with Crippen molar-refractivity contribution in [2.75, 3.05) is 0 Å². The Balaban J connectivity index is 0.000000158. The molecule has 0 fully saturated rings. The van der Waals surface area contributed by atoms with Gasteiger partial charge in [0.2, 0.25) is 0 Å². The minimum absolute atomic E-state index is 0. The van der Waals surface area contributed by atoms with Crippen LogP contribution in [-0.4, -0.2) is 15.0 Å². The van der Waals surface area contributed by atoms with Crippen molar-refractivity contribution in [2.45, 2.75) is 13.8 Å². The largest absolute Gasteiger partial charge is 0.296 e. The number of pyridine rings is 3. The molecule has 5 aromatic rings. The molecule has 3 heterocycles. The third-order valence-corrected chi connectivity index (χ3v) is 5.42. The van der Waals surface area contributed by atoms with Crippen LogP contribution >= 0.6 is 0 Å². The van der Waals surface area contributed by atoms with Crippen LogP contribution < -0.4 is 0 Å². The molecule has 3 nitrogen and oxygen atoms in total. The van der Waals surface area contributed by atoms with Crippen LogP contribution in [0.5, 0.6) is 0 Å². The third kappa shape index (κ3) is 4.98.